The Labute approximate surface area is 322 Å². The number of fused-ring (bicyclic) bond motifs is 5. The van der Waals surface area contributed by atoms with E-state index in [1.165, 1.54) is 63.4 Å². The molecule has 1 aliphatic heterocycles. The Bertz CT molecular complexity index is 2120. The standard InChI is InChI=1S/C44H56FN7O3/c1-43-18-16-30(53)22-27(43)10-13-31-33-14-15-36(44(33,2)19-17-34(31)43)55-21-7-5-4-6-20-46-29-11-8-26(9-12-29)39-38(41-47-25-48-52(41)3)40-37-32(42(54)51-50-40)23-28(45)24-35(37)49-39/h8-9,11-12,23-25,27,31,33-34,36,38-39,46,49H,4-7,10,13-22H2,1-3H3,(H,51,54)/t27?,31-,33?,34?,36-,38+,39?,43-,44-/m0/s1. The monoisotopic (exact) mass is 749 g/mol. The third-order valence-corrected chi connectivity index (χ3v) is 15.2. The average molecular weight is 750 g/mol. The zero-order valence-corrected chi connectivity index (χ0v) is 32.6. The number of aromatic amines is 1. The molecule has 55 heavy (non-hydrogen) atoms. The molecular formula is C44H56FN7O3. The van der Waals surface area contributed by atoms with E-state index in [-0.39, 0.29) is 17.3 Å². The van der Waals surface area contributed by atoms with Crippen LogP contribution in [0.2, 0.25) is 0 Å². The Hall–Kier alpha value is -4.12. The van der Waals surface area contributed by atoms with Crippen LogP contribution in [0.1, 0.15) is 126 Å². The number of aromatic nitrogens is 5. The van der Waals surface area contributed by atoms with Crippen molar-refractivity contribution in [2.75, 3.05) is 23.8 Å². The van der Waals surface area contributed by atoms with Crippen LogP contribution >= 0.6 is 0 Å². The molecule has 4 aromatic rings. The molecule has 4 aliphatic carbocycles. The normalized spacial score (nSPS) is 32.4. The number of anilines is 2. The first-order chi connectivity index (χ1) is 26.6. The van der Waals surface area contributed by atoms with Gasteiger partial charge in [-0.1, -0.05) is 38.8 Å². The molecule has 0 amide bonds. The highest BCUT2D eigenvalue weighted by molar-refractivity contribution is 5.97. The number of nitrogens with zero attached hydrogens (tertiary/aromatic N) is 4. The van der Waals surface area contributed by atoms with Gasteiger partial charge < -0.3 is 15.4 Å². The maximum atomic E-state index is 14.6. The molecule has 0 saturated heterocycles. The molecule has 4 saturated carbocycles. The molecule has 0 radical (unpaired) electrons. The van der Waals surface area contributed by atoms with Gasteiger partial charge in [0.15, 0.2) is 0 Å². The third-order valence-electron chi connectivity index (χ3n) is 15.2. The molecule has 2 aromatic heterocycles. The lowest BCUT2D eigenvalue weighted by molar-refractivity contribution is -0.145. The Morgan fingerprint density at radius 3 is 2.60 bits per heavy atom. The van der Waals surface area contributed by atoms with Crippen molar-refractivity contribution in [2.24, 2.45) is 41.5 Å². The minimum Gasteiger partial charge on any atom is -0.385 e. The smallest absolute Gasteiger partial charge is 0.272 e. The maximum absolute atomic E-state index is 14.6. The summed E-state index contributed by atoms with van der Waals surface area (Å²) < 4.78 is 23.1. The summed E-state index contributed by atoms with van der Waals surface area (Å²) in [6.45, 7) is 6.85. The number of ketones is 1. The summed E-state index contributed by atoms with van der Waals surface area (Å²) >= 11 is 0. The predicted molar refractivity (Wildman–Crippen MR) is 211 cm³/mol. The van der Waals surface area contributed by atoms with E-state index in [9.17, 15) is 14.0 Å². The lowest BCUT2D eigenvalue weighted by Gasteiger charge is -2.60. The minimum atomic E-state index is -0.480. The minimum absolute atomic E-state index is 0.260. The van der Waals surface area contributed by atoms with Crippen molar-refractivity contribution < 1.29 is 13.9 Å². The number of hydrogen-bond donors (Lipinski definition) is 3. The van der Waals surface area contributed by atoms with Crippen LogP contribution in [0.15, 0.2) is 47.5 Å². The first kappa shape index (κ1) is 36.5. The molecule has 5 aliphatic rings. The lowest BCUT2D eigenvalue weighted by atomic mass is 9.45. The number of hydrogen-bond acceptors (Lipinski definition) is 8. The topological polar surface area (TPSA) is 127 Å². The van der Waals surface area contributed by atoms with Crippen LogP contribution in [0, 0.1) is 40.3 Å². The number of halogens is 1. The fourth-order valence-corrected chi connectivity index (χ4v) is 12.3. The molecular weight excluding hydrogens is 694 g/mol. The second kappa shape index (κ2) is 14.4. The number of Topliss-reactive ketones (excluding diaryl/α,β-unsaturated/α-hetero) is 1. The molecule has 0 spiro atoms. The van der Waals surface area contributed by atoms with Gasteiger partial charge in [0.1, 0.15) is 23.8 Å². The van der Waals surface area contributed by atoms with Crippen molar-refractivity contribution >= 4 is 27.9 Å². The highest BCUT2D eigenvalue weighted by atomic mass is 19.1. The largest absolute Gasteiger partial charge is 0.385 e. The van der Waals surface area contributed by atoms with E-state index >= 15 is 0 Å². The lowest BCUT2D eigenvalue weighted by Crippen LogP contribution is -2.54. The van der Waals surface area contributed by atoms with Gasteiger partial charge in [-0.15, -0.1) is 0 Å². The van der Waals surface area contributed by atoms with Crippen LogP contribution in [0.4, 0.5) is 15.8 Å². The molecule has 4 unspecified atom stereocenters. The van der Waals surface area contributed by atoms with Crippen LogP contribution in [-0.4, -0.2) is 50.0 Å². The van der Waals surface area contributed by atoms with Crippen molar-refractivity contribution in [3.63, 3.8) is 0 Å². The summed E-state index contributed by atoms with van der Waals surface area (Å²) in [5.74, 6) is 3.38. The van der Waals surface area contributed by atoms with E-state index in [4.69, 9.17) is 4.74 Å². The molecule has 9 rings (SSSR count). The quantitative estimate of drug-likeness (QED) is 0.131. The number of ether oxygens (including phenoxy) is 1. The predicted octanol–water partition coefficient (Wildman–Crippen LogP) is 8.46. The number of unbranched alkanes of at least 4 members (excludes halogenated alkanes) is 3. The zero-order chi connectivity index (χ0) is 37.9. The van der Waals surface area contributed by atoms with E-state index in [0.717, 1.165) is 80.7 Å². The Balaban J connectivity index is 0.750. The Morgan fingerprint density at radius 2 is 1.78 bits per heavy atom. The summed E-state index contributed by atoms with van der Waals surface area (Å²) in [7, 11) is 1.84. The number of benzene rings is 2. The molecule has 9 atom stereocenters. The van der Waals surface area contributed by atoms with Gasteiger partial charge in [0.2, 0.25) is 0 Å². The molecule has 3 N–H and O–H groups in total. The van der Waals surface area contributed by atoms with Gasteiger partial charge >= 0.3 is 0 Å². The maximum Gasteiger partial charge on any atom is 0.272 e. The van der Waals surface area contributed by atoms with E-state index in [1.807, 2.05) is 7.05 Å². The first-order valence-corrected chi connectivity index (χ1v) is 20.9. The van der Waals surface area contributed by atoms with Gasteiger partial charge in [-0.3, -0.25) is 14.3 Å². The van der Waals surface area contributed by atoms with Crippen molar-refractivity contribution in [3.05, 3.63) is 76.0 Å². The van der Waals surface area contributed by atoms with E-state index in [1.54, 1.807) is 4.68 Å². The fourth-order valence-electron chi connectivity index (χ4n) is 12.3. The Morgan fingerprint density at radius 1 is 0.964 bits per heavy atom. The van der Waals surface area contributed by atoms with Crippen LogP contribution in [0.25, 0.3) is 10.8 Å². The summed E-state index contributed by atoms with van der Waals surface area (Å²) in [4.78, 5) is 29.4. The first-order valence-electron chi connectivity index (χ1n) is 20.9. The highest BCUT2D eigenvalue weighted by Crippen LogP contribution is 2.66. The number of rotatable bonds is 11. The van der Waals surface area contributed by atoms with Crippen molar-refractivity contribution in [2.45, 2.75) is 115 Å². The zero-order valence-electron chi connectivity index (χ0n) is 32.6. The summed E-state index contributed by atoms with van der Waals surface area (Å²) in [5.41, 5.74) is 3.48. The van der Waals surface area contributed by atoms with Gasteiger partial charge in [0.25, 0.3) is 5.56 Å². The van der Waals surface area contributed by atoms with Gasteiger partial charge in [-0.25, -0.2) is 14.5 Å². The average Bonchev–Trinajstić information content (AvgIpc) is 3.76. The number of carbonyl (C=O) groups is 1. The third kappa shape index (κ3) is 6.38. The SMILES string of the molecule is Cn1ncnc1[C@H]1c2n[nH]c(=O)c3cc(F)cc(c23)NC1c1ccc(NCCCCCCO[C@H]2CCC3[C@@H]4CCC5CC(=O)CC[C@]5(C)C4CC[C@@]32C)cc1. The number of H-pyrrole nitrogens is 1. The van der Waals surface area contributed by atoms with Crippen molar-refractivity contribution in [1.29, 1.82) is 0 Å². The molecule has 0 bridgehead atoms. The molecule has 3 heterocycles. The number of nitrogens with one attached hydrogen (secondary N) is 3. The molecule has 2 aromatic carbocycles. The van der Waals surface area contributed by atoms with E-state index < -0.39 is 11.4 Å². The second-order valence-electron chi connectivity index (χ2n) is 18.0. The van der Waals surface area contributed by atoms with Crippen molar-refractivity contribution in [1.82, 2.24) is 25.0 Å². The summed E-state index contributed by atoms with van der Waals surface area (Å²) in [6, 6.07) is 10.7. The van der Waals surface area contributed by atoms with Gasteiger partial charge in [0.05, 0.1) is 29.1 Å². The number of aryl methyl sites for hydroxylation is 1. The van der Waals surface area contributed by atoms with Crippen LogP contribution in [0.3, 0.4) is 0 Å². The van der Waals surface area contributed by atoms with Gasteiger partial charge in [-0.2, -0.15) is 10.2 Å². The van der Waals surface area contributed by atoms with Crippen LogP contribution in [0.5, 0.6) is 0 Å². The van der Waals surface area contributed by atoms with Crippen LogP contribution < -0.4 is 16.2 Å². The highest BCUT2D eigenvalue weighted by Gasteiger charge is 2.60. The van der Waals surface area contributed by atoms with Gasteiger partial charge in [-0.05, 0) is 122 Å². The fraction of sp³-hybridized carbons (Fsp3) is 0.614. The molecule has 4 fully saturated rings. The molecule has 11 heteroatoms. The molecule has 292 valence electrons. The van der Waals surface area contributed by atoms with E-state index in [0.29, 0.717) is 51.2 Å². The van der Waals surface area contributed by atoms with Crippen LogP contribution in [-0.2, 0) is 16.6 Å². The van der Waals surface area contributed by atoms with E-state index in [2.05, 4.69) is 69.0 Å². The number of carbonyl (C=O) groups excluding carboxylic acids is 1. The second-order valence-corrected chi connectivity index (χ2v) is 18.0. The van der Waals surface area contributed by atoms with Gasteiger partial charge in [0, 0.05) is 49.8 Å². The van der Waals surface area contributed by atoms with Crippen molar-refractivity contribution in [3.8, 4) is 0 Å². The Kier molecular flexibility index (Phi) is 9.58. The summed E-state index contributed by atoms with van der Waals surface area (Å²) in [5, 5.41) is 19.3. The summed E-state index contributed by atoms with van der Waals surface area (Å²) in [6.07, 6.45) is 16.9. The molecule has 10 nitrogen and oxygen atoms in total.